The van der Waals surface area contributed by atoms with Crippen molar-refractivity contribution in [2.24, 2.45) is 5.92 Å². The molecule has 3 nitrogen and oxygen atoms in total. The van der Waals surface area contributed by atoms with E-state index in [1.165, 1.54) is 97.4 Å². The molecular formula is C56H37N3S. The minimum Gasteiger partial charge on any atom is -0.309 e. The molecule has 4 heteroatoms. The van der Waals surface area contributed by atoms with E-state index in [4.69, 9.17) is 4.98 Å². The van der Waals surface area contributed by atoms with E-state index >= 15 is 0 Å². The number of imidazole rings is 1. The molecule has 0 bridgehead atoms. The molecule has 1 unspecified atom stereocenters. The number of thiophene rings is 1. The third-order valence-corrected chi connectivity index (χ3v) is 14.1. The Bertz CT molecular complexity index is 3730. The van der Waals surface area contributed by atoms with E-state index in [2.05, 4.69) is 204 Å². The van der Waals surface area contributed by atoms with Crippen molar-refractivity contribution >= 4 is 86.8 Å². The van der Waals surface area contributed by atoms with Crippen LogP contribution in [-0.2, 0) is 6.42 Å². The number of benzene rings is 8. The van der Waals surface area contributed by atoms with Gasteiger partial charge in [-0.1, -0.05) is 159 Å². The summed E-state index contributed by atoms with van der Waals surface area (Å²) in [4.78, 5) is 5.48. The van der Waals surface area contributed by atoms with Crippen LogP contribution in [0.4, 0.5) is 0 Å². The molecule has 0 saturated carbocycles. The maximum atomic E-state index is 5.48. The van der Waals surface area contributed by atoms with Crippen LogP contribution in [0.5, 0.6) is 0 Å². The average Bonchev–Trinajstić information content (AvgIpc) is 3.99. The SMILES string of the molecule is CC1C=Cc2c(ccc3c2sc2c3cc(-c3ccc(-c4ccc(-c5ccc6c7ccccc7n(-c7ccccc7)c6c5)cc4)cc3)n3c4ccc5ccccc5c4nc23)C1. The summed E-state index contributed by atoms with van der Waals surface area (Å²) in [5, 5.41) is 7.51. The first-order valence-corrected chi connectivity index (χ1v) is 21.7. The van der Waals surface area contributed by atoms with Gasteiger partial charge in [-0.25, -0.2) is 4.98 Å². The molecule has 0 radical (unpaired) electrons. The van der Waals surface area contributed by atoms with Gasteiger partial charge < -0.3 is 4.57 Å². The van der Waals surface area contributed by atoms with E-state index in [9.17, 15) is 0 Å². The predicted octanol–water partition coefficient (Wildman–Crippen LogP) is 15.3. The summed E-state index contributed by atoms with van der Waals surface area (Å²) in [7, 11) is 0. The second-order valence-corrected chi connectivity index (χ2v) is 17.5. The van der Waals surface area contributed by atoms with Crippen LogP contribution in [-0.4, -0.2) is 14.0 Å². The fourth-order valence-electron chi connectivity index (χ4n) is 9.90. The summed E-state index contributed by atoms with van der Waals surface area (Å²) in [6, 6.07) is 64.6. The molecule has 0 N–H and O–H groups in total. The first-order valence-electron chi connectivity index (χ1n) is 20.8. The Morgan fingerprint density at radius 1 is 0.517 bits per heavy atom. The van der Waals surface area contributed by atoms with Crippen molar-refractivity contribution in [1.29, 1.82) is 0 Å². The Labute approximate surface area is 350 Å². The standard InChI is InChI=1S/C56H37N3S/c1-34-15-27-44-41(31-34)25-29-47-48-33-51(59-50-30-26-38-9-5-6-12-43(38)53(50)57-56(59)55(48)60-54(44)47)39-22-20-36(21-23-39)35-16-18-37(19-17-35)40-24-28-46-45-13-7-8-14-49(45)58(52(46)32-40)42-10-3-2-4-11-42/h2-30,32-34H,31H2,1H3. The van der Waals surface area contributed by atoms with Crippen LogP contribution in [0.1, 0.15) is 18.1 Å². The number of hydrogen-bond donors (Lipinski definition) is 0. The van der Waals surface area contributed by atoms with E-state index in [1.807, 2.05) is 11.3 Å². The Morgan fingerprint density at radius 3 is 2.00 bits per heavy atom. The molecule has 0 fully saturated rings. The molecule has 13 rings (SSSR count). The van der Waals surface area contributed by atoms with E-state index in [0.717, 1.165) is 28.8 Å². The molecular weight excluding hydrogens is 747 g/mol. The molecule has 282 valence electrons. The first-order chi connectivity index (χ1) is 29.6. The highest BCUT2D eigenvalue weighted by atomic mass is 32.1. The van der Waals surface area contributed by atoms with E-state index < -0.39 is 0 Å². The zero-order valence-electron chi connectivity index (χ0n) is 32.9. The van der Waals surface area contributed by atoms with Crippen molar-refractivity contribution in [1.82, 2.24) is 14.0 Å². The van der Waals surface area contributed by atoms with Gasteiger partial charge in [0.25, 0.3) is 0 Å². The van der Waals surface area contributed by atoms with Crippen molar-refractivity contribution in [2.75, 3.05) is 0 Å². The lowest BCUT2D eigenvalue weighted by Gasteiger charge is -2.16. The van der Waals surface area contributed by atoms with E-state index in [0.29, 0.717) is 5.92 Å². The maximum absolute atomic E-state index is 5.48. The molecule has 0 saturated heterocycles. The topological polar surface area (TPSA) is 22.2 Å². The minimum atomic E-state index is 0.560. The van der Waals surface area contributed by atoms with Gasteiger partial charge in [-0.2, -0.15) is 0 Å². The molecule has 60 heavy (non-hydrogen) atoms. The lowest BCUT2D eigenvalue weighted by molar-refractivity contribution is 0.718. The predicted molar refractivity (Wildman–Crippen MR) is 256 cm³/mol. The highest BCUT2D eigenvalue weighted by molar-refractivity contribution is 7.26. The molecule has 1 atom stereocenters. The lowest BCUT2D eigenvalue weighted by Crippen LogP contribution is -2.02. The average molecular weight is 784 g/mol. The number of aromatic nitrogens is 3. The van der Waals surface area contributed by atoms with Crippen molar-refractivity contribution in [3.63, 3.8) is 0 Å². The number of rotatable bonds is 4. The molecule has 1 aliphatic carbocycles. The van der Waals surface area contributed by atoms with Gasteiger partial charge in [0.1, 0.15) is 0 Å². The lowest BCUT2D eigenvalue weighted by atomic mass is 9.90. The second-order valence-electron chi connectivity index (χ2n) is 16.4. The number of hydrogen-bond acceptors (Lipinski definition) is 2. The molecule has 1 aliphatic rings. The number of fused-ring (bicyclic) bond motifs is 14. The van der Waals surface area contributed by atoms with Crippen LogP contribution in [0, 0.1) is 5.92 Å². The van der Waals surface area contributed by atoms with Crippen LogP contribution < -0.4 is 0 Å². The monoisotopic (exact) mass is 783 g/mol. The summed E-state index contributed by atoms with van der Waals surface area (Å²) in [6.45, 7) is 2.30. The Kier molecular flexibility index (Phi) is 7.22. The van der Waals surface area contributed by atoms with Gasteiger partial charge in [-0.15, -0.1) is 11.3 Å². The Morgan fingerprint density at radius 2 is 1.18 bits per heavy atom. The van der Waals surface area contributed by atoms with Gasteiger partial charge in [0.05, 0.1) is 32.5 Å². The van der Waals surface area contributed by atoms with Gasteiger partial charge in [-0.05, 0) is 93.1 Å². The number of pyridine rings is 1. The molecule has 0 amide bonds. The van der Waals surface area contributed by atoms with Crippen LogP contribution in [0.15, 0.2) is 182 Å². The van der Waals surface area contributed by atoms with Gasteiger partial charge in [0, 0.05) is 37.3 Å². The van der Waals surface area contributed by atoms with Gasteiger partial charge >= 0.3 is 0 Å². The fourth-order valence-corrected chi connectivity index (χ4v) is 11.2. The minimum absolute atomic E-state index is 0.560. The normalized spacial score (nSPS) is 14.1. The summed E-state index contributed by atoms with van der Waals surface area (Å²) in [6.07, 6.45) is 5.80. The molecule has 4 heterocycles. The summed E-state index contributed by atoms with van der Waals surface area (Å²) >= 11 is 1.90. The molecule has 4 aromatic heterocycles. The first kappa shape index (κ1) is 33.7. The van der Waals surface area contributed by atoms with Crippen molar-refractivity contribution in [2.45, 2.75) is 13.3 Å². The van der Waals surface area contributed by atoms with Crippen molar-refractivity contribution in [3.8, 4) is 39.2 Å². The van der Waals surface area contributed by atoms with Gasteiger partial charge in [0.2, 0.25) is 0 Å². The maximum Gasteiger partial charge on any atom is 0.156 e. The third kappa shape index (κ3) is 4.98. The summed E-state index contributed by atoms with van der Waals surface area (Å²) in [5.41, 5.74) is 16.7. The largest absolute Gasteiger partial charge is 0.309 e. The van der Waals surface area contributed by atoms with Crippen molar-refractivity contribution in [3.05, 3.63) is 193 Å². The van der Waals surface area contributed by atoms with Crippen molar-refractivity contribution < 1.29 is 0 Å². The Hall–Kier alpha value is -7.27. The Balaban J connectivity index is 0.918. The third-order valence-electron chi connectivity index (χ3n) is 12.9. The van der Waals surface area contributed by atoms with Gasteiger partial charge in [-0.3, -0.25) is 4.40 Å². The highest BCUT2D eigenvalue weighted by Gasteiger charge is 2.22. The molecule has 12 aromatic rings. The second kappa shape index (κ2) is 12.9. The van der Waals surface area contributed by atoms with Crippen LogP contribution in [0.25, 0.3) is 115 Å². The van der Waals surface area contributed by atoms with Crippen LogP contribution in [0.2, 0.25) is 0 Å². The number of allylic oxidation sites excluding steroid dienone is 1. The van der Waals surface area contributed by atoms with E-state index in [-0.39, 0.29) is 0 Å². The fraction of sp³-hybridized carbons (Fsp3) is 0.0536. The quantitative estimate of drug-likeness (QED) is 0.174. The zero-order chi connectivity index (χ0) is 39.5. The zero-order valence-corrected chi connectivity index (χ0v) is 33.7. The number of para-hydroxylation sites is 2. The number of nitrogens with zero attached hydrogens (tertiary/aromatic N) is 3. The smallest absolute Gasteiger partial charge is 0.156 e. The summed E-state index contributed by atoms with van der Waals surface area (Å²) < 4.78 is 7.39. The van der Waals surface area contributed by atoms with E-state index in [1.54, 1.807) is 0 Å². The van der Waals surface area contributed by atoms with Gasteiger partial charge in [0.15, 0.2) is 5.65 Å². The molecule has 8 aromatic carbocycles. The van der Waals surface area contributed by atoms with Crippen LogP contribution >= 0.6 is 11.3 Å². The molecule has 0 spiro atoms. The molecule has 0 aliphatic heterocycles. The van der Waals surface area contributed by atoms with Crippen LogP contribution in [0.3, 0.4) is 0 Å². The summed E-state index contributed by atoms with van der Waals surface area (Å²) in [5.74, 6) is 0.560. The highest BCUT2D eigenvalue weighted by Crippen LogP contribution is 2.45.